The molecule has 0 fully saturated rings. The zero-order valence-corrected chi connectivity index (χ0v) is 21.6. The highest BCUT2D eigenvalue weighted by Gasteiger charge is 2.45. The van der Waals surface area contributed by atoms with E-state index in [0.29, 0.717) is 0 Å². The van der Waals surface area contributed by atoms with E-state index in [9.17, 15) is 49.8 Å². The van der Waals surface area contributed by atoms with Crippen LogP contribution in [0.2, 0.25) is 0 Å². The Morgan fingerprint density at radius 1 is 0.854 bits per heavy atom. The molecule has 3 aromatic carbocycles. The van der Waals surface area contributed by atoms with E-state index in [1.807, 2.05) is 0 Å². The summed E-state index contributed by atoms with van der Waals surface area (Å²) in [5, 5.41) is 77.7. The number of aliphatic carboxylic acids is 1. The molecule has 3 aromatic rings. The van der Waals surface area contributed by atoms with Gasteiger partial charge in [-0.3, -0.25) is 19.2 Å². The van der Waals surface area contributed by atoms with Gasteiger partial charge in [-0.05, 0) is 31.0 Å². The second-order valence-corrected chi connectivity index (χ2v) is 9.77. The number of methoxy groups -OCH3 is 1. The fourth-order valence-electron chi connectivity index (χ4n) is 5.39. The Kier molecular flexibility index (Phi) is 6.16. The normalized spacial score (nSPS) is 17.6. The van der Waals surface area contributed by atoms with E-state index in [2.05, 4.69) is 5.32 Å². The molecule has 0 aromatic heterocycles. The lowest BCUT2D eigenvalue weighted by atomic mass is 9.73. The Bertz CT molecular complexity index is 1740. The molecule has 0 unspecified atom stereocenters. The maximum Gasteiger partial charge on any atom is 0.325 e. The van der Waals surface area contributed by atoms with Crippen LogP contribution in [-0.2, 0) is 4.79 Å². The summed E-state index contributed by atoms with van der Waals surface area (Å²) in [4.78, 5) is 51.3. The van der Waals surface area contributed by atoms with Gasteiger partial charge >= 0.3 is 5.97 Å². The number of phenols is 4. The summed E-state index contributed by atoms with van der Waals surface area (Å²) < 4.78 is 5.05. The number of phenolic OH excluding ortho intramolecular Hbond substituents is 4. The lowest BCUT2D eigenvalue weighted by Crippen LogP contribution is -2.38. The average Bonchev–Trinajstić information content (AvgIpc) is 2.90. The molecule has 5 rings (SSSR count). The van der Waals surface area contributed by atoms with Crippen LogP contribution in [0.4, 0.5) is 0 Å². The maximum atomic E-state index is 13.6. The minimum absolute atomic E-state index is 0.00998. The number of amides is 1. The van der Waals surface area contributed by atoms with E-state index in [0.717, 1.165) is 12.1 Å². The number of carboxylic acid groups (broad SMARTS) is 1. The SMILES string of the molecule is COc1cc(O)c2c(c1)C(=O)c1c(O)c3c(c(O)c1C2=O)[C@H](O)[C@H](O)c1cc(C)c(C(=O)N[C@H](C)C(=O)O)c(O)c1-3. The fraction of sp³-hybridized carbons (Fsp3) is 0.214. The van der Waals surface area contributed by atoms with Crippen molar-refractivity contribution in [3.63, 3.8) is 0 Å². The van der Waals surface area contributed by atoms with Crippen LogP contribution in [-0.4, -0.2) is 72.3 Å². The van der Waals surface area contributed by atoms with Gasteiger partial charge in [0.2, 0.25) is 5.78 Å². The molecule has 212 valence electrons. The molecule has 0 radical (unpaired) electrons. The number of carboxylic acids is 1. The summed E-state index contributed by atoms with van der Waals surface area (Å²) in [6.07, 6.45) is -3.83. The van der Waals surface area contributed by atoms with Crippen LogP contribution >= 0.6 is 0 Å². The molecule has 0 aliphatic heterocycles. The van der Waals surface area contributed by atoms with Gasteiger partial charge in [-0.2, -0.15) is 0 Å². The molecular weight excluding hydrogens is 542 g/mol. The highest BCUT2D eigenvalue weighted by atomic mass is 16.5. The number of aliphatic hydroxyl groups excluding tert-OH is 2. The predicted molar refractivity (Wildman–Crippen MR) is 138 cm³/mol. The number of benzene rings is 3. The monoisotopic (exact) mass is 565 g/mol. The van der Waals surface area contributed by atoms with Gasteiger partial charge in [-0.1, -0.05) is 6.07 Å². The average molecular weight is 565 g/mol. The molecule has 1 amide bonds. The molecule has 0 saturated carbocycles. The van der Waals surface area contributed by atoms with Gasteiger partial charge < -0.3 is 45.8 Å². The third-order valence-electron chi connectivity index (χ3n) is 7.37. The van der Waals surface area contributed by atoms with Crippen LogP contribution in [0, 0.1) is 6.92 Å². The summed E-state index contributed by atoms with van der Waals surface area (Å²) >= 11 is 0. The molecule has 8 N–H and O–H groups in total. The van der Waals surface area contributed by atoms with Crippen LogP contribution in [0.25, 0.3) is 11.1 Å². The van der Waals surface area contributed by atoms with Crippen molar-refractivity contribution in [3.8, 4) is 39.9 Å². The van der Waals surface area contributed by atoms with Crippen LogP contribution < -0.4 is 10.1 Å². The standard InChI is InChI=1S/C28H23NO12/c1-7-4-10-15(22(33)13(7)27(38)29-8(2)28(39)40)16-17(26(37)21(10)32)25(36)19-18(24(16)35)20(31)11-5-9(41-3)6-12(30)14(11)23(19)34/h4-6,8,21,26,30,32-33,35-37H,1-3H3,(H,29,38)(H,39,40)/t8-,21-,26+/m1/s1. The molecule has 0 heterocycles. The van der Waals surface area contributed by atoms with Crippen LogP contribution in [0.15, 0.2) is 18.2 Å². The van der Waals surface area contributed by atoms with E-state index in [4.69, 9.17) is 9.84 Å². The number of fused-ring (bicyclic) bond motifs is 5. The molecule has 13 heteroatoms. The van der Waals surface area contributed by atoms with Crippen molar-refractivity contribution < 1.29 is 59.7 Å². The molecule has 3 atom stereocenters. The maximum absolute atomic E-state index is 13.6. The number of aliphatic hydroxyl groups is 2. The molecule has 0 saturated heterocycles. The zero-order valence-electron chi connectivity index (χ0n) is 21.6. The first-order valence-electron chi connectivity index (χ1n) is 12.1. The number of rotatable bonds is 4. The third-order valence-corrected chi connectivity index (χ3v) is 7.37. The summed E-state index contributed by atoms with van der Waals surface area (Å²) in [7, 11) is 1.25. The molecule has 2 aliphatic rings. The third kappa shape index (κ3) is 3.70. The Morgan fingerprint density at radius 3 is 2.10 bits per heavy atom. The van der Waals surface area contributed by atoms with Crippen LogP contribution in [0.3, 0.4) is 0 Å². The first-order valence-corrected chi connectivity index (χ1v) is 12.1. The lowest BCUT2D eigenvalue weighted by molar-refractivity contribution is -0.138. The van der Waals surface area contributed by atoms with Gasteiger partial charge in [-0.25, -0.2) is 0 Å². The second-order valence-electron chi connectivity index (χ2n) is 9.77. The van der Waals surface area contributed by atoms with Crippen molar-refractivity contribution in [1.82, 2.24) is 5.32 Å². The molecule has 0 bridgehead atoms. The fourth-order valence-corrected chi connectivity index (χ4v) is 5.39. The predicted octanol–water partition coefficient (Wildman–Crippen LogP) is 1.55. The summed E-state index contributed by atoms with van der Waals surface area (Å²) in [6.45, 7) is 2.56. The smallest absolute Gasteiger partial charge is 0.325 e. The topological polar surface area (TPSA) is 231 Å². The number of aryl methyl sites for hydroxylation is 1. The van der Waals surface area contributed by atoms with Crippen LogP contribution in [0.5, 0.6) is 28.7 Å². The highest BCUT2D eigenvalue weighted by Crippen LogP contribution is 2.58. The molecule has 13 nitrogen and oxygen atoms in total. The van der Waals surface area contributed by atoms with Gasteiger partial charge in [0.25, 0.3) is 5.91 Å². The zero-order chi connectivity index (χ0) is 30.2. The number of ether oxygens (including phenoxy) is 1. The van der Waals surface area contributed by atoms with E-state index in [-0.39, 0.29) is 22.4 Å². The Balaban J connectivity index is 1.84. The minimum atomic E-state index is -1.98. The van der Waals surface area contributed by atoms with Crippen molar-refractivity contribution in [1.29, 1.82) is 0 Å². The van der Waals surface area contributed by atoms with Gasteiger partial charge in [0, 0.05) is 28.3 Å². The Labute approximate surface area is 230 Å². The number of nitrogens with one attached hydrogen (secondary N) is 1. The van der Waals surface area contributed by atoms with Crippen molar-refractivity contribution >= 4 is 23.4 Å². The van der Waals surface area contributed by atoms with Crippen LogP contribution in [0.1, 0.15) is 78.0 Å². The van der Waals surface area contributed by atoms with Crippen molar-refractivity contribution in [3.05, 3.63) is 62.7 Å². The van der Waals surface area contributed by atoms with Crippen molar-refractivity contribution in [2.24, 2.45) is 0 Å². The first kappa shape index (κ1) is 27.4. The number of carbonyl (C=O) groups is 4. The van der Waals surface area contributed by atoms with Gasteiger partial charge in [0.15, 0.2) is 5.78 Å². The first-order chi connectivity index (χ1) is 19.2. The summed E-state index contributed by atoms with van der Waals surface area (Å²) in [5.74, 6) is -7.94. The minimum Gasteiger partial charge on any atom is -0.507 e. The summed E-state index contributed by atoms with van der Waals surface area (Å²) in [6, 6.07) is 2.07. The van der Waals surface area contributed by atoms with E-state index in [1.165, 1.54) is 27.0 Å². The number of carbonyl (C=O) groups excluding carboxylic acids is 3. The second kappa shape index (κ2) is 9.21. The van der Waals surface area contributed by atoms with E-state index in [1.54, 1.807) is 0 Å². The summed E-state index contributed by atoms with van der Waals surface area (Å²) in [5.41, 5.74) is -4.48. The number of hydrogen-bond donors (Lipinski definition) is 8. The molecule has 41 heavy (non-hydrogen) atoms. The van der Waals surface area contributed by atoms with E-state index >= 15 is 0 Å². The number of aromatic hydroxyl groups is 4. The lowest BCUT2D eigenvalue weighted by Gasteiger charge is -2.34. The Morgan fingerprint density at radius 2 is 1.49 bits per heavy atom. The molecular formula is C28H23NO12. The van der Waals surface area contributed by atoms with Crippen molar-refractivity contribution in [2.75, 3.05) is 7.11 Å². The van der Waals surface area contributed by atoms with Gasteiger partial charge in [-0.15, -0.1) is 0 Å². The highest BCUT2D eigenvalue weighted by molar-refractivity contribution is 6.32. The van der Waals surface area contributed by atoms with Gasteiger partial charge in [0.05, 0.1) is 29.4 Å². The quantitative estimate of drug-likeness (QED) is 0.165. The largest absolute Gasteiger partial charge is 0.507 e. The molecule has 0 spiro atoms. The number of ketones is 2. The van der Waals surface area contributed by atoms with E-state index < -0.39 is 104 Å². The van der Waals surface area contributed by atoms with Gasteiger partial charge in [0.1, 0.15) is 47.0 Å². The molecule has 2 aliphatic carbocycles. The Hall–Kier alpha value is -5.14. The van der Waals surface area contributed by atoms with Crippen molar-refractivity contribution in [2.45, 2.75) is 32.1 Å². The number of hydrogen-bond acceptors (Lipinski definition) is 11.